The first-order chi connectivity index (χ1) is 9.66. The highest BCUT2D eigenvalue weighted by molar-refractivity contribution is 5.89. The van der Waals surface area contributed by atoms with E-state index in [0.717, 1.165) is 24.9 Å². The van der Waals surface area contributed by atoms with Gasteiger partial charge in [0.2, 0.25) is 0 Å². The molecule has 0 heterocycles. The van der Waals surface area contributed by atoms with Crippen LogP contribution in [0.3, 0.4) is 0 Å². The third-order valence-corrected chi connectivity index (χ3v) is 3.78. The predicted octanol–water partition coefficient (Wildman–Crippen LogP) is 2.70. The van der Waals surface area contributed by atoms with Crippen LogP contribution >= 0.6 is 0 Å². The lowest BCUT2D eigenvalue weighted by atomic mass is 9.79. The number of hydrogen-bond donors (Lipinski definition) is 3. The molecular formula is C15H20N2O3. The summed E-state index contributed by atoms with van der Waals surface area (Å²) < 4.78 is 0. The van der Waals surface area contributed by atoms with E-state index in [9.17, 15) is 14.7 Å². The molecule has 0 radical (unpaired) electrons. The highest BCUT2D eigenvalue weighted by Gasteiger charge is 2.30. The van der Waals surface area contributed by atoms with Crippen LogP contribution in [-0.4, -0.2) is 23.7 Å². The smallest absolute Gasteiger partial charge is 0.319 e. The molecule has 0 aromatic heterocycles. The van der Waals surface area contributed by atoms with E-state index >= 15 is 0 Å². The number of aliphatic carboxylic acids is 1. The summed E-state index contributed by atoms with van der Waals surface area (Å²) in [5, 5.41) is 14.7. The van der Waals surface area contributed by atoms with E-state index in [1.54, 1.807) is 12.1 Å². The Labute approximate surface area is 118 Å². The number of carboxylic acids is 1. The van der Waals surface area contributed by atoms with Crippen molar-refractivity contribution in [2.75, 3.05) is 11.9 Å². The number of amides is 2. The molecule has 1 aliphatic rings. The molecule has 0 saturated heterocycles. The van der Waals surface area contributed by atoms with Crippen LogP contribution < -0.4 is 10.6 Å². The molecule has 2 atom stereocenters. The van der Waals surface area contributed by atoms with Gasteiger partial charge in [-0.05, 0) is 30.9 Å². The van der Waals surface area contributed by atoms with Gasteiger partial charge < -0.3 is 15.7 Å². The van der Waals surface area contributed by atoms with Crippen LogP contribution in [0.4, 0.5) is 10.5 Å². The normalized spacial score (nSPS) is 22.0. The molecule has 1 aliphatic carbocycles. The SMILES string of the molecule is O=C(NC[C@@H]1CCCC[C@@H]1C(=O)O)Nc1ccccc1. The fraction of sp³-hybridized carbons (Fsp3) is 0.467. The minimum Gasteiger partial charge on any atom is -0.481 e. The Morgan fingerprint density at radius 2 is 1.85 bits per heavy atom. The number of urea groups is 1. The van der Waals surface area contributed by atoms with Crippen LogP contribution in [0.1, 0.15) is 25.7 Å². The minimum atomic E-state index is -0.750. The van der Waals surface area contributed by atoms with Crippen LogP contribution in [0, 0.1) is 11.8 Å². The van der Waals surface area contributed by atoms with Crippen LogP contribution in [0.2, 0.25) is 0 Å². The molecule has 0 unspecified atom stereocenters. The van der Waals surface area contributed by atoms with Crippen molar-refractivity contribution in [3.05, 3.63) is 30.3 Å². The Hall–Kier alpha value is -2.04. The summed E-state index contributed by atoms with van der Waals surface area (Å²) in [6.07, 6.45) is 3.57. The number of carbonyl (C=O) groups excluding carboxylic acids is 1. The van der Waals surface area contributed by atoms with Gasteiger partial charge in [0.25, 0.3) is 0 Å². The van der Waals surface area contributed by atoms with Gasteiger partial charge in [-0.15, -0.1) is 0 Å². The topological polar surface area (TPSA) is 78.4 Å². The van der Waals surface area contributed by atoms with Crippen LogP contribution in [0.25, 0.3) is 0 Å². The zero-order valence-corrected chi connectivity index (χ0v) is 11.3. The van der Waals surface area contributed by atoms with Crippen molar-refractivity contribution in [3.8, 4) is 0 Å². The highest BCUT2D eigenvalue weighted by Crippen LogP contribution is 2.29. The van der Waals surface area contributed by atoms with Gasteiger partial charge in [0.1, 0.15) is 0 Å². The lowest BCUT2D eigenvalue weighted by molar-refractivity contribution is -0.144. The van der Waals surface area contributed by atoms with Crippen molar-refractivity contribution < 1.29 is 14.7 Å². The van der Waals surface area contributed by atoms with E-state index in [1.807, 2.05) is 18.2 Å². The first-order valence-corrected chi connectivity index (χ1v) is 6.99. The summed E-state index contributed by atoms with van der Waals surface area (Å²) in [7, 11) is 0. The van der Waals surface area contributed by atoms with Gasteiger partial charge in [0, 0.05) is 12.2 Å². The van der Waals surface area contributed by atoms with E-state index in [0.29, 0.717) is 13.0 Å². The maximum absolute atomic E-state index is 11.8. The van der Waals surface area contributed by atoms with E-state index < -0.39 is 5.97 Å². The average Bonchev–Trinajstić information content (AvgIpc) is 2.46. The first kappa shape index (κ1) is 14.4. The second kappa shape index (κ2) is 6.93. The van der Waals surface area contributed by atoms with E-state index in [1.165, 1.54) is 0 Å². The van der Waals surface area contributed by atoms with E-state index in [4.69, 9.17) is 0 Å². The number of anilines is 1. The minimum absolute atomic E-state index is 0.0303. The second-order valence-corrected chi connectivity index (χ2v) is 5.19. The molecule has 2 rings (SSSR count). The fourth-order valence-corrected chi connectivity index (χ4v) is 2.70. The largest absolute Gasteiger partial charge is 0.481 e. The third-order valence-electron chi connectivity index (χ3n) is 3.78. The summed E-state index contributed by atoms with van der Waals surface area (Å²) in [5.74, 6) is -1.05. The van der Waals surface area contributed by atoms with Crippen LogP contribution in [-0.2, 0) is 4.79 Å². The Morgan fingerprint density at radius 1 is 1.15 bits per heavy atom. The zero-order valence-electron chi connectivity index (χ0n) is 11.3. The van der Waals surface area contributed by atoms with Gasteiger partial charge in [-0.1, -0.05) is 31.0 Å². The van der Waals surface area contributed by atoms with E-state index in [-0.39, 0.29) is 17.9 Å². The molecule has 0 aliphatic heterocycles. The maximum Gasteiger partial charge on any atom is 0.319 e. The van der Waals surface area contributed by atoms with Crippen molar-refractivity contribution >= 4 is 17.7 Å². The van der Waals surface area contributed by atoms with Crippen molar-refractivity contribution in [1.82, 2.24) is 5.32 Å². The van der Waals surface area contributed by atoms with Crippen molar-refractivity contribution in [2.45, 2.75) is 25.7 Å². The van der Waals surface area contributed by atoms with Gasteiger partial charge in [-0.25, -0.2) is 4.79 Å². The summed E-state index contributed by atoms with van der Waals surface area (Å²) in [5.41, 5.74) is 0.725. The predicted molar refractivity (Wildman–Crippen MR) is 76.5 cm³/mol. The molecule has 0 bridgehead atoms. The number of rotatable bonds is 4. The molecule has 1 aromatic rings. The molecular weight excluding hydrogens is 256 g/mol. The first-order valence-electron chi connectivity index (χ1n) is 6.99. The molecule has 108 valence electrons. The summed E-state index contributed by atoms with van der Waals surface area (Å²) in [4.78, 5) is 22.9. The summed E-state index contributed by atoms with van der Waals surface area (Å²) in [6.45, 7) is 0.412. The van der Waals surface area contributed by atoms with Crippen LogP contribution in [0.5, 0.6) is 0 Å². The molecule has 5 nitrogen and oxygen atoms in total. The third kappa shape index (κ3) is 3.98. The Morgan fingerprint density at radius 3 is 2.55 bits per heavy atom. The van der Waals surface area contributed by atoms with Crippen molar-refractivity contribution in [1.29, 1.82) is 0 Å². The number of hydrogen-bond acceptors (Lipinski definition) is 2. The number of carboxylic acid groups (broad SMARTS) is 1. The quantitative estimate of drug-likeness (QED) is 0.791. The molecule has 20 heavy (non-hydrogen) atoms. The molecule has 5 heteroatoms. The number of para-hydroxylation sites is 1. The maximum atomic E-state index is 11.8. The van der Waals surface area contributed by atoms with Crippen molar-refractivity contribution in [2.24, 2.45) is 11.8 Å². The Bertz CT molecular complexity index is 461. The average molecular weight is 276 g/mol. The molecule has 3 N–H and O–H groups in total. The second-order valence-electron chi connectivity index (χ2n) is 5.19. The number of carbonyl (C=O) groups is 2. The van der Waals surface area contributed by atoms with Gasteiger partial charge in [-0.3, -0.25) is 4.79 Å². The van der Waals surface area contributed by atoms with Gasteiger partial charge in [-0.2, -0.15) is 0 Å². The molecule has 1 aromatic carbocycles. The van der Waals surface area contributed by atoms with Gasteiger partial charge >= 0.3 is 12.0 Å². The molecule has 0 spiro atoms. The lowest BCUT2D eigenvalue weighted by Crippen LogP contribution is -2.38. The number of nitrogens with one attached hydrogen (secondary N) is 2. The van der Waals surface area contributed by atoms with E-state index in [2.05, 4.69) is 10.6 Å². The monoisotopic (exact) mass is 276 g/mol. The Balaban J connectivity index is 1.81. The number of benzene rings is 1. The lowest BCUT2D eigenvalue weighted by Gasteiger charge is -2.28. The fourth-order valence-electron chi connectivity index (χ4n) is 2.70. The Kier molecular flexibility index (Phi) is 4.98. The summed E-state index contributed by atoms with van der Waals surface area (Å²) in [6, 6.07) is 8.89. The molecule has 2 amide bonds. The standard InChI is InChI=1S/C15H20N2O3/c18-14(19)13-9-5-4-6-11(13)10-16-15(20)17-12-7-2-1-3-8-12/h1-3,7-8,11,13H,4-6,9-10H2,(H,18,19)(H2,16,17,20)/t11-,13-/m0/s1. The van der Waals surface area contributed by atoms with Crippen LogP contribution in [0.15, 0.2) is 30.3 Å². The van der Waals surface area contributed by atoms with Gasteiger partial charge in [0.05, 0.1) is 5.92 Å². The molecule has 1 saturated carbocycles. The molecule has 1 fully saturated rings. The van der Waals surface area contributed by atoms with Crippen molar-refractivity contribution in [3.63, 3.8) is 0 Å². The summed E-state index contributed by atoms with van der Waals surface area (Å²) >= 11 is 0. The van der Waals surface area contributed by atoms with Gasteiger partial charge in [0.15, 0.2) is 0 Å². The highest BCUT2D eigenvalue weighted by atomic mass is 16.4. The zero-order chi connectivity index (χ0) is 14.4.